The number of aromatic nitrogens is 1. The Hall–Kier alpha value is -5.39. The number of carbonyl (C=O) groups excluding carboxylic acids is 2. The fourth-order valence-corrected chi connectivity index (χ4v) is 7.09. The molecule has 2 amide bonds. The summed E-state index contributed by atoms with van der Waals surface area (Å²) in [6, 6.07) is 37.7. The van der Waals surface area contributed by atoms with Gasteiger partial charge >= 0.3 is 0 Å². The first-order valence-electron chi connectivity index (χ1n) is 20.0. The standard InChI is InChI=1S/C47H55N5O5/c1-52(27-25-40-16-8-9-26-49-40)32-41-30-44(36-23-21-34(33-53)22-24-36)57-47(56-41)39-15-11-14-38(29-39)37-13-10-12-35(28-37)31-50-45(54)19-4-2-3-5-20-46(55)51-43-18-7-6-17-42(43)48/h6-18,21-24,26,28-29,41,44,47,53H,2-5,19-20,25,27,30-33,48H2,1H3,(H,50,54)(H,51,55). The third-order valence-electron chi connectivity index (χ3n) is 10.3. The number of anilines is 2. The zero-order chi connectivity index (χ0) is 39.8. The first kappa shape index (κ1) is 41.2. The lowest BCUT2D eigenvalue weighted by atomic mass is 9.98. The predicted octanol–water partition coefficient (Wildman–Crippen LogP) is 8.14. The molecule has 1 fully saturated rings. The number of aliphatic hydroxyl groups is 1. The average Bonchev–Trinajstić information content (AvgIpc) is 3.24. The maximum atomic E-state index is 12.7. The quantitative estimate of drug-likeness (QED) is 0.0488. The molecule has 5 N–H and O–H groups in total. The molecule has 3 unspecified atom stereocenters. The summed E-state index contributed by atoms with van der Waals surface area (Å²) in [6.45, 7) is 2.04. The molecule has 1 aromatic heterocycles. The van der Waals surface area contributed by atoms with E-state index in [9.17, 15) is 14.7 Å². The van der Waals surface area contributed by atoms with Crippen LogP contribution >= 0.6 is 0 Å². The van der Waals surface area contributed by atoms with Crippen molar-refractivity contribution in [1.29, 1.82) is 0 Å². The van der Waals surface area contributed by atoms with Gasteiger partial charge in [0.1, 0.15) is 0 Å². The van der Waals surface area contributed by atoms with Gasteiger partial charge in [-0.1, -0.05) is 91.7 Å². The van der Waals surface area contributed by atoms with Crippen molar-refractivity contribution in [3.8, 4) is 11.1 Å². The van der Waals surface area contributed by atoms with E-state index in [4.69, 9.17) is 15.2 Å². The highest BCUT2D eigenvalue weighted by Gasteiger charge is 2.33. The highest BCUT2D eigenvalue weighted by atomic mass is 16.7. The van der Waals surface area contributed by atoms with Crippen LogP contribution in [0, 0.1) is 0 Å². The zero-order valence-corrected chi connectivity index (χ0v) is 32.8. The van der Waals surface area contributed by atoms with Crippen LogP contribution in [-0.4, -0.2) is 53.0 Å². The lowest BCUT2D eigenvalue weighted by molar-refractivity contribution is -0.252. The van der Waals surface area contributed by atoms with Crippen LogP contribution in [-0.2, 0) is 38.6 Å². The van der Waals surface area contributed by atoms with Gasteiger partial charge in [0.05, 0.1) is 30.2 Å². The Balaban J connectivity index is 1.01. The summed E-state index contributed by atoms with van der Waals surface area (Å²) in [5.74, 6) is -0.0325. The minimum Gasteiger partial charge on any atom is -0.397 e. The second-order valence-corrected chi connectivity index (χ2v) is 14.8. The van der Waals surface area contributed by atoms with Crippen LogP contribution in [0.25, 0.3) is 11.1 Å². The van der Waals surface area contributed by atoms with E-state index in [-0.39, 0.29) is 30.6 Å². The number of nitrogens with one attached hydrogen (secondary N) is 2. The van der Waals surface area contributed by atoms with Crippen molar-refractivity contribution in [1.82, 2.24) is 15.2 Å². The number of hydrogen-bond acceptors (Lipinski definition) is 8. The van der Waals surface area contributed by atoms with Gasteiger partial charge in [-0.2, -0.15) is 0 Å². The van der Waals surface area contributed by atoms with E-state index in [0.29, 0.717) is 37.2 Å². The van der Waals surface area contributed by atoms with Crippen LogP contribution in [0.1, 0.15) is 85.3 Å². The van der Waals surface area contributed by atoms with Gasteiger partial charge in [-0.15, -0.1) is 0 Å². The number of nitrogens with two attached hydrogens (primary N) is 1. The van der Waals surface area contributed by atoms with Crippen LogP contribution in [0.5, 0.6) is 0 Å². The van der Waals surface area contributed by atoms with E-state index in [1.807, 2.05) is 79.0 Å². The van der Waals surface area contributed by atoms with Crippen LogP contribution in [0.4, 0.5) is 11.4 Å². The Morgan fingerprint density at radius 2 is 1.53 bits per heavy atom. The molecular formula is C47H55N5O5. The van der Waals surface area contributed by atoms with Crippen molar-refractivity contribution in [2.45, 2.75) is 83.0 Å². The number of carbonyl (C=O) groups is 2. The maximum absolute atomic E-state index is 12.7. The van der Waals surface area contributed by atoms with E-state index >= 15 is 0 Å². The van der Waals surface area contributed by atoms with Crippen LogP contribution in [0.2, 0.25) is 0 Å². The second-order valence-electron chi connectivity index (χ2n) is 14.8. The monoisotopic (exact) mass is 769 g/mol. The Morgan fingerprint density at radius 3 is 2.28 bits per heavy atom. The summed E-state index contributed by atoms with van der Waals surface area (Å²) < 4.78 is 13.3. The number of rotatable bonds is 19. The molecule has 1 saturated heterocycles. The Labute approximate surface area is 336 Å². The summed E-state index contributed by atoms with van der Waals surface area (Å²) in [5.41, 5.74) is 14.1. The number of nitrogen functional groups attached to an aromatic ring is 1. The molecule has 1 aliphatic rings. The number of nitrogens with zero attached hydrogens (tertiary/aromatic N) is 2. The normalized spacial score (nSPS) is 16.6. The van der Waals surface area contributed by atoms with Crippen molar-refractivity contribution >= 4 is 23.2 Å². The van der Waals surface area contributed by atoms with Gasteiger partial charge < -0.3 is 35.8 Å². The van der Waals surface area contributed by atoms with Gasteiger partial charge in [0.15, 0.2) is 6.29 Å². The van der Waals surface area contributed by atoms with Crippen molar-refractivity contribution in [2.75, 3.05) is 31.2 Å². The number of para-hydroxylation sites is 2. The molecule has 2 heterocycles. The molecule has 4 aromatic carbocycles. The third kappa shape index (κ3) is 12.8. The molecule has 6 rings (SSSR count). The van der Waals surface area contributed by atoms with Gasteiger partial charge in [0, 0.05) is 62.8 Å². The maximum Gasteiger partial charge on any atom is 0.224 e. The summed E-state index contributed by atoms with van der Waals surface area (Å²) in [4.78, 5) is 31.7. The average molecular weight is 770 g/mol. The number of benzene rings is 4. The second kappa shape index (κ2) is 21.2. The summed E-state index contributed by atoms with van der Waals surface area (Å²) in [7, 11) is 2.12. The Kier molecular flexibility index (Phi) is 15.4. The van der Waals surface area contributed by atoms with Crippen LogP contribution in [0.15, 0.2) is 121 Å². The molecule has 0 spiro atoms. The largest absolute Gasteiger partial charge is 0.397 e. The van der Waals surface area contributed by atoms with Crippen molar-refractivity contribution in [3.05, 3.63) is 149 Å². The molecule has 1 aliphatic heterocycles. The number of hydrogen-bond donors (Lipinski definition) is 4. The molecule has 3 atom stereocenters. The minimum absolute atomic E-state index is 0.00144. The Morgan fingerprint density at radius 1 is 0.789 bits per heavy atom. The van der Waals surface area contributed by atoms with Gasteiger partial charge in [0.25, 0.3) is 0 Å². The third-order valence-corrected chi connectivity index (χ3v) is 10.3. The molecule has 0 bridgehead atoms. The Bertz CT molecular complexity index is 2020. The van der Waals surface area contributed by atoms with Gasteiger partial charge in [-0.3, -0.25) is 14.6 Å². The number of aliphatic hydroxyl groups excluding tert-OH is 1. The van der Waals surface area contributed by atoms with E-state index in [1.54, 1.807) is 12.1 Å². The molecule has 0 aliphatic carbocycles. The van der Waals surface area contributed by atoms with Gasteiger partial charge in [0.2, 0.25) is 11.8 Å². The predicted molar refractivity (Wildman–Crippen MR) is 225 cm³/mol. The molecule has 0 radical (unpaired) electrons. The van der Waals surface area contributed by atoms with Gasteiger partial charge in [-0.05, 0) is 84.1 Å². The molecule has 298 valence electrons. The van der Waals surface area contributed by atoms with E-state index < -0.39 is 6.29 Å². The fourth-order valence-electron chi connectivity index (χ4n) is 7.09. The first-order valence-corrected chi connectivity index (χ1v) is 20.0. The first-order chi connectivity index (χ1) is 27.8. The molecule has 10 heteroatoms. The minimum atomic E-state index is -0.566. The highest BCUT2D eigenvalue weighted by Crippen LogP contribution is 2.39. The molecule has 57 heavy (non-hydrogen) atoms. The van der Waals surface area contributed by atoms with Crippen molar-refractivity contribution in [3.63, 3.8) is 0 Å². The lowest BCUT2D eigenvalue weighted by Gasteiger charge is -2.38. The molecule has 10 nitrogen and oxygen atoms in total. The van der Waals surface area contributed by atoms with Crippen LogP contribution in [0.3, 0.4) is 0 Å². The number of amides is 2. The molecule has 0 saturated carbocycles. The highest BCUT2D eigenvalue weighted by molar-refractivity contribution is 5.93. The zero-order valence-electron chi connectivity index (χ0n) is 32.8. The van der Waals surface area contributed by atoms with Crippen molar-refractivity contribution < 1.29 is 24.2 Å². The number of unbranched alkanes of at least 4 members (excludes halogenated alkanes) is 3. The van der Waals surface area contributed by atoms with E-state index in [1.165, 1.54) is 0 Å². The smallest absolute Gasteiger partial charge is 0.224 e. The van der Waals surface area contributed by atoms with Crippen molar-refractivity contribution in [2.24, 2.45) is 0 Å². The summed E-state index contributed by atoms with van der Waals surface area (Å²) in [6.07, 6.45) is 6.76. The van der Waals surface area contributed by atoms with Gasteiger partial charge in [-0.25, -0.2) is 0 Å². The van der Waals surface area contributed by atoms with Crippen LogP contribution < -0.4 is 16.4 Å². The van der Waals surface area contributed by atoms with E-state index in [2.05, 4.69) is 57.9 Å². The fraction of sp³-hybridized carbons (Fsp3) is 0.340. The number of ether oxygens (including phenoxy) is 2. The molecule has 5 aromatic rings. The summed E-state index contributed by atoms with van der Waals surface area (Å²) >= 11 is 0. The van der Waals surface area contributed by atoms with E-state index in [0.717, 1.165) is 84.3 Å². The summed E-state index contributed by atoms with van der Waals surface area (Å²) in [5, 5.41) is 15.5. The SMILES string of the molecule is CN(CCc1ccccn1)CC1CC(c2ccc(CO)cc2)OC(c2cccc(-c3cccc(CNC(=O)CCCCCCC(=O)Nc4ccccc4N)c3)c2)O1. The molecular weight excluding hydrogens is 715 g/mol. The number of likely N-dealkylation sites (N-methyl/N-ethyl adjacent to an activating group) is 1. The number of pyridine rings is 1. The lowest BCUT2D eigenvalue weighted by Crippen LogP contribution is -2.38. The topological polar surface area (TPSA) is 139 Å².